The molecule has 2 aliphatic rings. The molecule has 5 heteroatoms. The smallest absolute Gasteiger partial charge is 0.310 e. The highest BCUT2D eigenvalue weighted by molar-refractivity contribution is 5.40. The third-order valence-electron chi connectivity index (χ3n) is 4.03. The molecule has 0 radical (unpaired) electrons. The maximum atomic E-state index is 13.3. The van der Waals surface area contributed by atoms with Gasteiger partial charge in [0.25, 0.3) is 0 Å². The fourth-order valence-corrected chi connectivity index (χ4v) is 2.55. The maximum Gasteiger partial charge on any atom is 0.398 e. The summed E-state index contributed by atoms with van der Waals surface area (Å²) in [7, 11) is 0. The Morgan fingerprint density at radius 3 is 2.42 bits per heavy atom. The Labute approximate surface area is 109 Å². The van der Waals surface area contributed by atoms with Crippen molar-refractivity contribution < 1.29 is 17.6 Å². The van der Waals surface area contributed by atoms with Gasteiger partial charge in [-0.1, -0.05) is 6.07 Å². The quantitative estimate of drug-likeness (QED) is 0.825. The van der Waals surface area contributed by atoms with E-state index < -0.39 is 17.4 Å². The highest BCUT2D eigenvalue weighted by Crippen LogP contribution is 2.59. The maximum absolute atomic E-state index is 13.3. The van der Waals surface area contributed by atoms with Gasteiger partial charge in [-0.15, -0.1) is 0 Å². The summed E-state index contributed by atoms with van der Waals surface area (Å²) in [6.45, 7) is 0.315. The Kier molecular flexibility index (Phi) is 2.85. The molecule has 2 fully saturated rings. The topological polar surface area (TPSA) is 12.0 Å². The van der Waals surface area contributed by atoms with Crippen LogP contribution in [0.3, 0.4) is 0 Å². The minimum Gasteiger partial charge on any atom is -0.310 e. The molecule has 0 bridgehead atoms. The average Bonchev–Trinajstić information content (AvgIpc) is 3.19. The highest BCUT2D eigenvalue weighted by atomic mass is 19.4. The van der Waals surface area contributed by atoms with Crippen molar-refractivity contribution in [3.8, 4) is 0 Å². The molecule has 0 heterocycles. The van der Waals surface area contributed by atoms with Gasteiger partial charge in [-0.3, -0.25) is 0 Å². The van der Waals surface area contributed by atoms with Gasteiger partial charge in [-0.25, -0.2) is 4.39 Å². The van der Waals surface area contributed by atoms with Gasteiger partial charge in [0.2, 0.25) is 0 Å². The normalized spacial score (nSPS) is 21.5. The largest absolute Gasteiger partial charge is 0.398 e. The minimum absolute atomic E-state index is 0.110. The first-order valence-corrected chi connectivity index (χ1v) is 6.51. The number of hydrogen-bond donors (Lipinski definition) is 1. The van der Waals surface area contributed by atoms with Gasteiger partial charge in [-0.05, 0) is 48.9 Å². The number of alkyl halides is 3. The number of nitrogens with one attached hydrogen (secondary N) is 1. The fraction of sp³-hybridized carbons (Fsp3) is 0.571. The second-order valence-corrected chi connectivity index (χ2v) is 5.54. The summed E-state index contributed by atoms with van der Waals surface area (Å²) in [5, 5.41) is 3.16. The Balaban J connectivity index is 1.91. The van der Waals surface area contributed by atoms with E-state index in [1.807, 2.05) is 0 Å². The van der Waals surface area contributed by atoms with Gasteiger partial charge in [0, 0.05) is 12.6 Å². The molecule has 2 saturated carbocycles. The lowest BCUT2D eigenvalue weighted by Crippen LogP contribution is -2.31. The summed E-state index contributed by atoms with van der Waals surface area (Å²) >= 11 is 0. The predicted molar refractivity (Wildman–Crippen MR) is 63.2 cm³/mol. The van der Waals surface area contributed by atoms with Gasteiger partial charge >= 0.3 is 6.18 Å². The Morgan fingerprint density at radius 2 is 1.89 bits per heavy atom. The molecule has 0 saturated heterocycles. The van der Waals surface area contributed by atoms with Crippen LogP contribution in [0, 0.1) is 5.82 Å². The number of halogens is 4. The lowest BCUT2D eigenvalue weighted by atomic mass is 9.90. The van der Waals surface area contributed by atoms with Crippen LogP contribution in [0.5, 0.6) is 0 Å². The van der Waals surface area contributed by atoms with Gasteiger partial charge in [0.05, 0.1) is 5.41 Å². The molecule has 0 aromatic heterocycles. The van der Waals surface area contributed by atoms with Crippen LogP contribution in [-0.4, -0.2) is 12.2 Å². The Hall–Kier alpha value is -1.10. The van der Waals surface area contributed by atoms with Crippen LogP contribution < -0.4 is 5.32 Å². The predicted octanol–water partition coefficient (Wildman–Crippen LogP) is 3.67. The molecule has 2 aliphatic carbocycles. The van der Waals surface area contributed by atoms with Crippen molar-refractivity contribution in [1.29, 1.82) is 0 Å². The molecule has 3 rings (SSSR count). The summed E-state index contributed by atoms with van der Waals surface area (Å²) in [5.74, 6) is -0.477. The molecule has 19 heavy (non-hydrogen) atoms. The molecule has 1 nitrogen and oxygen atoms in total. The lowest BCUT2D eigenvalue weighted by Gasteiger charge is -2.23. The average molecular weight is 273 g/mol. The van der Waals surface area contributed by atoms with Crippen molar-refractivity contribution in [2.45, 2.75) is 49.9 Å². The van der Waals surface area contributed by atoms with Crippen LogP contribution in [0.1, 0.15) is 36.8 Å². The summed E-state index contributed by atoms with van der Waals surface area (Å²) < 4.78 is 52.8. The summed E-state index contributed by atoms with van der Waals surface area (Å²) in [6.07, 6.45) is -1.93. The molecule has 1 aromatic carbocycles. The van der Waals surface area contributed by atoms with Crippen LogP contribution in [0.25, 0.3) is 0 Å². The highest BCUT2D eigenvalue weighted by Gasteiger charge is 2.64. The molecule has 1 aromatic rings. The first-order valence-electron chi connectivity index (χ1n) is 6.51. The molecule has 0 spiro atoms. The molecule has 0 aliphatic heterocycles. The lowest BCUT2D eigenvalue weighted by molar-refractivity contribution is -0.160. The summed E-state index contributed by atoms with van der Waals surface area (Å²) in [4.78, 5) is 0. The molecule has 104 valence electrons. The van der Waals surface area contributed by atoms with Crippen molar-refractivity contribution >= 4 is 0 Å². The van der Waals surface area contributed by atoms with Gasteiger partial charge in [-0.2, -0.15) is 13.2 Å². The van der Waals surface area contributed by atoms with Gasteiger partial charge in [0.1, 0.15) is 5.82 Å². The van der Waals surface area contributed by atoms with E-state index in [1.165, 1.54) is 12.1 Å². The molecule has 0 unspecified atom stereocenters. The van der Waals surface area contributed by atoms with Crippen molar-refractivity contribution in [2.75, 3.05) is 0 Å². The van der Waals surface area contributed by atoms with Crippen molar-refractivity contribution in [3.05, 3.63) is 35.1 Å². The van der Waals surface area contributed by atoms with E-state index in [0.29, 0.717) is 18.2 Å². The SMILES string of the molecule is Fc1ccc(C2(C(F)(F)F)CC2)c(CNC2CC2)c1. The molecule has 1 N–H and O–H groups in total. The van der Waals surface area contributed by atoms with Crippen LogP contribution in [0.4, 0.5) is 17.6 Å². The zero-order chi connectivity index (χ0) is 13.7. The van der Waals surface area contributed by atoms with E-state index in [4.69, 9.17) is 0 Å². The van der Waals surface area contributed by atoms with E-state index in [-0.39, 0.29) is 18.4 Å². The van der Waals surface area contributed by atoms with Crippen molar-refractivity contribution in [1.82, 2.24) is 5.32 Å². The standard InChI is InChI=1S/C14H15F4N/c15-10-1-4-12(13(5-6-13)14(16,17)18)9(7-10)8-19-11-2-3-11/h1,4,7,11,19H,2-3,5-6,8H2. The number of rotatable bonds is 4. The first-order chi connectivity index (χ1) is 8.92. The molecular weight excluding hydrogens is 258 g/mol. The third kappa shape index (κ3) is 2.36. The van der Waals surface area contributed by atoms with Gasteiger partial charge in [0.15, 0.2) is 0 Å². The monoisotopic (exact) mass is 273 g/mol. The van der Waals surface area contributed by atoms with Crippen molar-refractivity contribution in [2.24, 2.45) is 0 Å². The third-order valence-corrected chi connectivity index (χ3v) is 4.03. The van der Waals surface area contributed by atoms with E-state index in [0.717, 1.165) is 18.9 Å². The summed E-state index contributed by atoms with van der Waals surface area (Å²) in [6, 6.07) is 4.05. The van der Waals surface area contributed by atoms with E-state index in [1.54, 1.807) is 0 Å². The Morgan fingerprint density at radius 1 is 1.21 bits per heavy atom. The Bertz CT molecular complexity index is 487. The fourth-order valence-electron chi connectivity index (χ4n) is 2.55. The van der Waals surface area contributed by atoms with Gasteiger partial charge < -0.3 is 5.32 Å². The molecule has 0 atom stereocenters. The van der Waals surface area contributed by atoms with Crippen LogP contribution in [0.2, 0.25) is 0 Å². The molecule has 0 amide bonds. The van der Waals surface area contributed by atoms with E-state index in [9.17, 15) is 17.6 Å². The van der Waals surface area contributed by atoms with Crippen molar-refractivity contribution in [3.63, 3.8) is 0 Å². The zero-order valence-corrected chi connectivity index (χ0v) is 10.4. The first kappa shape index (κ1) is 12.9. The second kappa shape index (κ2) is 4.20. The molecular formula is C14H15F4N. The minimum atomic E-state index is -4.25. The van der Waals surface area contributed by atoms with Crippen LogP contribution in [0.15, 0.2) is 18.2 Å². The number of hydrogen-bond acceptors (Lipinski definition) is 1. The zero-order valence-electron chi connectivity index (χ0n) is 10.4. The van der Waals surface area contributed by atoms with E-state index >= 15 is 0 Å². The second-order valence-electron chi connectivity index (χ2n) is 5.54. The van der Waals surface area contributed by atoms with E-state index in [2.05, 4.69) is 5.32 Å². The number of benzene rings is 1. The van der Waals surface area contributed by atoms with Crippen LogP contribution >= 0.6 is 0 Å². The van der Waals surface area contributed by atoms with Crippen LogP contribution in [-0.2, 0) is 12.0 Å². The summed E-state index contributed by atoms with van der Waals surface area (Å²) in [5.41, 5.74) is -1.04.